The van der Waals surface area contributed by atoms with Crippen LogP contribution in [0.3, 0.4) is 0 Å². The van der Waals surface area contributed by atoms with Crippen molar-refractivity contribution in [1.29, 1.82) is 0 Å². The molecule has 0 aromatic carbocycles. The van der Waals surface area contributed by atoms with Crippen molar-refractivity contribution in [2.75, 3.05) is 0 Å². The van der Waals surface area contributed by atoms with Gasteiger partial charge in [0.25, 0.3) is 0 Å². The largest absolute Gasteiger partial charge is 0.265 e. The fraction of sp³-hybridized carbons (Fsp3) is 0.583. The Balaban J connectivity index is 0.000000132. The molecule has 0 saturated heterocycles. The SMILES string of the molecule is CC1CCCCC1.c1ccncc1. The summed E-state index contributed by atoms with van der Waals surface area (Å²) in [5.41, 5.74) is 0. The number of hydrogen-bond acceptors (Lipinski definition) is 1. The zero-order valence-electron chi connectivity index (χ0n) is 8.45. The molecule has 0 atom stereocenters. The van der Waals surface area contributed by atoms with E-state index in [1.807, 2.05) is 18.2 Å². The van der Waals surface area contributed by atoms with Crippen LogP contribution in [0.4, 0.5) is 0 Å². The van der Waals surface area contributed by atoms with E-state index >= 15 is 0 Å². The topological polar surface area (TPSA) is 12.9 Å². The molecule has 1 fully saturated rings. The highest BCUT2D eigenvalue weighted by Crippen LogP contribution is 2.22. The molecule has 0 radical (unpaired) electrons. The summed E-state index contributed by atoms with van der Waals surface area (Å²) in [6.45, 7) is 2.36. The second-order valence-electron chi connectivity index (χ2n) is 3.77. The van der Waals surface area contributed by atoms with Crippen molar-refractivity contribution in [3.63, 3.8) is 0 Å². The van der Waals surface area contributed by atoms with Crippen LogP contribution in [0.2, 0.25) is 0 Å². The van der Waals surface area contributed by atoms with Gasteiger partial charge in [-0.25, -0.2) is 0 Å². The Bertz CT molecular complexity index is 163. The summed E-state index contributed by atoms with van der Waals surface area (Å²) in [6.07, 6.45) is 10.9. The molecule has 1 aromatic rings. The predicted octanol–water partition coefficient (Wildman–Crippen LogP) is 3.67. The molecule has 1 heteroatoms. The second kappa shape index (κ2) is 6.64. The van der Waals surface area contributed by atoms with Gasteiger partial charge in [0, 0.05) is 12.4 Å². The fourth-order valence-electron chi connectivity index (χ4n) is 1.62. The van der Waals surface area contributed by atoms with Gasteiger partial charge in [0.2, 0.25) is 0 Å². The van der Waals surface area contributed by atoms with Gasteiger partial charge < -0.3 is 0 Å². The third-order valence-electron chi connectivity index (χ3n) is 2.46. The lowest BCUT2D eigenvalue weighted by molar-refractivity contribution is 0.385. The molecule has 1 aromatic heterocycles. The van der Waals surface area contributed by atoms with E-state index in [1.165, 1.54) is 32.1 Å². The molecule has 1 saturated carbocycles. The van der Waals surface area contributed by atoms with Crippen LogP contribution < -0.4 is 0 Å². The van der Waals surface area contributed by atoms with Gasteiger partial charge in [0.1, 0.15) is 0 Å². The Morgan fingerprint density at radius 1 is 0.923 bits per heavy atom. The first-order valence-electron chi connectivity index (χ1n) is 5.24. The van der Waals surface area contributed by atoms with Crippen LogP contribution in [-0.2, 0) is 0 Å². The van der Waals surface area contributed by atoms with Gasteiger partial charge in [-0.2, -0.15) is 0 Å². The molecule has 72 valence electrons. The van der Waals surface area contributed by atoms with E-state index in [9.17, 15) is 0 Å². The van der Waals surface area contributed by atoms with Crippen molar-refractivity contribution >= 4 is 0 Å². The first-order valence-corrected chi connectivity index (χ1v) is 5.24. The zero-order valence-corrected chi connectivity index (χ0v) is 8.45. The molecule has 0 aliphatic heterocycles. The summed E-state index contributed by atoms with van der Waals surface area (Å²) in [5.74, 6) is 1.04. The Morgan fingerprint density at radius 2 is 1.54 bits per heavy atom. The van der Waals surface area contributed by atoms with Gasteiger partial charge in [0.15, 0.2) is 0 Å². The molecular weight excluding hydrogens is 158 g/mol. The number of pyridine rings is 1. The van der Waals surface area contributed by atoms with Gasteiger partial charge >= 0.3 is 0 Å². The van der Waals surface area contributed by atoms with Gasteiger partial charge in [0.05, 0.1) is 0 Å². The smallest absolute Gasteiger partial charge is 0.0267 e. The molecule has 0 amide bonds. The maximum absolute atomic E-state index is 3.78. The molecule has 0 unspecified atom stereocenters. The van der Waals surface area contributed by atoms with E-state index in [4.69, 9.17) is 0 Å². The van der Waals surface area contributed by atoms with E-state index in [1.54, 1.807) is 12.4 Å². The van der Waals surface area contributed by atoms with Gasteiger partial charge in [-0.3, -0.25) is 4.98 Å². The van der Waals surface area contributed by atoms with Crippen molar-refractivity contribution in [2.24, 2.45) is 5.92 Å². The highest BCUT2D eigenvalue weighted by atomic mass is 14.6. The van der Waals surface area contributed by atoms with E-state index < -0.39 is 0 Å². The van der Waals surface area contributed by atoms with E-state index in [2.05, 4.69) is 11.9 Å². The number of nitrogens with zero attached hydrogens (tertiary/aromatic N) is 1. The van der Waals surface area contributed by atoms with Gasteiger partial charge in [-0.05, 0) is 18.1 Å². The second-order valence-corrected chi connectivity index (χ2v) is 3.77. The van der Waals surface area contributed by atoms with Crippen molar-refractivity contribution in [3.8, 4) is 0 Å². The van der Waals surface area contributed by atoms with E-state index in [0.29, 0.717) is 0 Å². The van der Waals surface area contributed by atoms with Crippen molar-refractivity contribution in [2.45, 2.75) is 39.0 Å². The van der Waals surface area contributed by atoms with Crippen LogP contribution in [0.1, 0.15) is 39.0 Å². The Kier molecular flexibility index (Phi) is 5.23. The highest BCUT2D eigenvalue weighted by molar-refractivity contribution is 4.88. The maximum Gasteiger partial charge on any atom is 0.0267 e. The molecule has 1 aliphatic carbocycles. The summed E-state index contributed by atoms with van der Waals surface area (Å²) in [4.78, 5) is 3.78. The first-order chi connectivity index (χ1) is 6.39. The lowest BCUT2D eigenvalue weighted by Gasteiger charge is -2.15. The van der Waals surface area contributed by atoms with Gasteiger partial charge in [-0.1, -0.05) is 45.1 Å². The molecule has 1 heterocycles. The predicted molar refractivity (Wildman–Crippen MR) is 56.5 cm³/mol. The molecule has 2 rings (SSSR count). The Hall–Kier alpha value is -0.850. The third-order valence-corrected chi connectivity index (χ3v) is 2.46. The van der Waals surface area contributed by atoms with E-state index in [0.717, 1.165) is 5.92 Å². The number of hydrogen-bond donors (Lipinski definition) is 0. The molecule has 13 heavy (non-hydrogen) atoms. The average Bonchev–Trinajstić information content (AvgIpc) is 2.22. The van der Waals surface area contributed by atoms with Crippen LogP contribution in [0.5, 0.6) is 0 Å². The van der Waals surface area contributed by atoms with Crippen LogP contribution >= 0.6 is 0 Å². The Morgan fingerprint density at radius 3 is 1.77 bits per heavy atom. The molecule has 0 N–H and O–H groups in total. The summed E-state index contributed by atoms with van der Waals surface area (Å²) >= 11 is 0. The van der Waals surface area contributed by atoms with Crippen LogP contribution in [0.25, 0.3) is 0 Å². The highest BCUT2D eigenvalue weighted by Gasteiger charge is 2.05. The van der Waals surface area contributed by atoms with Crippen LogP contribution in [-0.4, -0.2) is 4.98 Å². The molecular formula is C12H19N. The molecule has 0 bridgehead atoms. The molecule has 1 nitrogen and oxygen atoms in total. The lowest BCUT2D eigenvalue weighted by Crippen LogP contribution is -1.99. The molecule has 1 aliphatic rings. The van der Waals surface area contributed by atoms with Crippen molar-refractivity contribution < 1.29 is 0 Å². The van der Waals surface area contributed by atoms with Crippen molar-refractivity contribution in [3.05, 3.63) is 30.6 Å². The minimum atomic E-state index is 1.04. The van der Waals surface area contributed by atoms with Crippen LogP contribution in [0, 0.1) is 5.92 Å². The third kappa shape index (κ3) is 5.40. The molecule has 0 spiro atoms. The lowest BCUT2D eigenvalue weighted by atomic mass is 9.91. The summed E-state index contributed by atoms with van der Waals surface area (Å²) in [6, 6.07) is 5.72. The quantitative estimate of drug-likeness (QED) is 0.589. The van der Waals surface area contributed by atoms with Gasteiger partial charge in [-0.15, -0.1) is 0 Å². The minimum Gasteiger partial charge on any atom is -0.265 e. The first kappa shape index (κ1) is 10.2. The maximum atomic E-state index is 3.78. The average molecular weight is 177 g/mol. The van der Waals surface area contributed by atoms with Crippen LogP contribution in [0.15, 0.2) is 30.6 Å². The number of aromatic nitrogens is 1. The Labute approximate surface area is 81.2 Å². The standard InChI is InChI=1S/C7H14.C5H5N/c1-7-5-3-2-4-6-7;1-2-4-6-5-3-1/h7H,2-6H2,1H3;1-5H. The van der Waals surface area contributed by atoms with Crippen molar-refractivity contribution in [1.82, 2.24) is 4.98 Å². The summed E-state index contributed by atoms with van der Waals surface area (Å²) in [7, 11) is 0. The normalized spacial score (nSPS) is 17.3. The van der Waals surface area contributed by atoms with E-state index in [-0.39, 0.29) is 0 Å². The zero-order chi connectivity index (χ0) is 9.36. The summed E-state index contributed by atoms with van der Waals surface area (Å²) in [5, 5.41) is 0. The minimum absolute atomic E-state index is 1.04. The number of rotatable bonds is 0. The monoisotopic (exact) mass is 177 g/mol. The summed E-state index contributed by atoms with van der Waals surface area (Å²) < 4.78 is 0. The fourth-order valence-corrected chi connectivity index (χ4v) is 1.62.